The van der Waals surface area contributed by atoms with E-state index in [4.69, 9.17) is 16.6 Å². The molecule has 3 rings (SSSR count). The summed E-state index contributed by atoms with van der Waals surface area (Å²) in [4.78, 5) is 10.1. The first kappa shape index (κ1) is 13.6. The number of hydrogen-bond donors (Lipinski definition) is 0. The van der Waals surface area contributed by atoms with Gasteiger partial charge in [-0.15, -0.1) is 22.9 Å². The highest BCUT2D eigenvalue weighted by atomic mass is 35.5. The molecular formula is C13H16ClN5S. The predicted molar refractivity (Wildman–Crippen MR) is 81.6 cm³/mol. The van der Waals surface area contributed by atoms with Crippen molar-refractivity contribution in [3.8, 4) is 0 Å². The molecule has 0 aromatic carbocycles. The van der Waals surface area contributed by atoms with Crippen molar-refractivity contribution in [3.63, 3.8) is 0 Å². The highest BCUT2D eigenvalue weighted by Crippen LogP contribution is 2.22. The zero-order chi connectivity index (χ0) is 14.1. The third-order valence-electron chi connectivity index (χ3n) is 3.29. The summed E-state index contributed by atoms with van der Waals surface area (Å²) in [5.41, 5.74) is 4.89. The first-order chi connectivity index (χ1) is 9.74. The van der Waals surface area contributed by atoms with Gasteiger partial charge in [-0.25, -0.2) is 9.67 Å². The number of alkyl halides is 1. The lowest BCUT2D eigenvalue weighted by atomic mass is 10.4. The minimum Gasteiger partial charge on any atom is -0.307 e. The molecule has 0 bridgehead atoms. The second kappa shape index (κ2) is 5.54. The van der Waals surface area contributed by atoms with Crippen LogP contribution in [0.2, 0.25) is 0 Å². The van der Waals surface area contributed by atoms with Gasteiger partial charge in [-0.1, -0.05) is 0 Å². The average molecular weight is 310 g/mol. The Hall–Kier alpha value is -1.40. The Morgan fingerprint density at radius 3 is 2.90 bits per heavy atom. The van der Waals surface area contributed by atoms with E-state index in [9.17, 15) is 0 Å². The van der Waals surface area contributed by atoms with Crippen molar-refractivity contribution in [2.45, 2.75) is 33.4 Å². The molecule has 5 nitrogen and oxygen atoms in total. The van der Waals surface area contributed by atoms with Gasteiger partial charge < -0.3 is 4.57 Å². The first-order valence-electron chi connectivity index (χ1n) is 6.60. The summed E-state index contributed by atoms with van der Waals surface area (Å²) in [6.45, 7) is 5.71. The van der Waals surface area contributed by atoms with E-state index in [0.717, 1.165) is 42.2 Å². The number of imidazole rings is 1. The number of hydrogen-bond acceptors (Lipinski definition) is 4. The van der Waals surface area contributed by atoms with Crippen LogP contribution in [0.25, 0.3) is 11.2 Å². The van der Waals surface area contributed by atoms with Gasteiger partial charge in [0.05, 0.1) is 17.7 Å². The van der Waals surface area contributed by atoms with Crippen LogP contribution in [0.15, 0.2) is 11.7 Å². The van der Waals surface area contributed by atoms with Gasteiger partial charge in [0, 0.05) is 29.9 Å². The Kier molecular flexibility index (Phi) is 3.76. The van der Waals surface area contributed by atoms with Crippen LogP contribution in [0.4, 0.5) is 0 Å². The number of nitrogens with zero attached hydrogens (tertiary/aromatic N) is 5. The maximum atomic E-state index is 5.91. The summed E-state index contributed by atoms with van der Waals surface area (Å²) in [6, 6.07) is 0. The Labute approximate surface area is 126 Å². The van der Waals surface area contributed by atoms with E-state index >= 15 is 0 Å². The van der Waals surface area contributed by atoms with Gasteiger partial charge in [-0.3, -0.25) is 4.98 Å². The van der Waals surface area contributed by atoms with Crippen molar-refractivity contribution < 1.29 is 0 Å². The molecule has 0 spiro atoms. The van der Waals surface area contributed by atoms with E-state index in [0.29, 0.717) is 5.88 Å². The number of aryl methyl sites for hydroxylation is 3. The second-order valence-corrected chi connectivity index (χ2v) is 5.94. The molecule has 3 heterocycles. The SMILES string of the molecule is CCn1nc(C)c2nc(CCCl)n(Cc3cncs3)c21. The van der Waals surface area contributed by atoms with Crippen LogP contribution < -0.4 is 0 Å². The summed E-state index contributed by atoms with van der Waals surface area (Å²) in [5.74, 6) is 1.59. The van der Waals surface area contributed by atoms with E-state index in [1.54, 1.807) is 11.3 Å². The molecule has 0 saturated heterocycles. The Balaban J connectivity index is 2.16. The first-order valence-corrected chi connectivity index (χ1v) is 8.01. The van der Waals surface area contributed by atoms with Gasteiger partial charge in [-0.05, 0) is 13.8 Å². The van der Waals surface area contributed by atoms with Crippen LogP contribution in [-0.2, 0) is 19.5 Å². The minimum absolute atomic E-state index is 0.570. The normalized spacial score (nSPS) is 11.6. The summed E-state index contributed by atoms with van der Waals surface area (Å²) in [5, 5.41) is 4.55. The number of aromatic nitrogens is 5. The molecule has 0 fully saturated rings. The van der Waals surface area contributed by atoms with Gasteiger partial charge in [0.1, 0.15) is 11.3 Å². The zero-order valence-electron chi connectivity index (χ0n) is 11.5. The number of rotatable bonds is 5. The van der Waals surface area contributed by atoms with Crippen molar-refractivity contribution in [3.05, 3.63) is 28.1 Å². The predicted octanol–water partition coefficient (Wildman–Crippen LogP) is 2.85. The zero-order valence-corrected chi connectivity index (χ0v) is 13.1. The van der Waals surface area contributed by atoms with Gasteiger partial charge >= 0.3 is 0 Å². The minimum atomic E-state index is 0.570. The van der Waals surface area contributed by atoms with Gasteiger partial charge in [0.25, 0.3) is 0 Å². The van der Waals surface area contributed by atoms with Crippen LogP contribution >= 0.6 is 22.9 Å². The Morgan fingerprint density at radius 1 is 1.40 bits per heavy atom. The van der Waals surface area contributed by atoms with Crippen molar-refractivity contribution in [1.29, 1.82) is 0 Å². The summed E-state index contributed by atoms with van der Waals surface area (Å²) < 4.78 is 4.23. The second-order valence-electron chi connectivity index (χ2n) is 4.59. The fourth-order valence-electron chi connectivity index (χ4n) is 2.41. The molecule has 0 N–H and O–H groups in total. The average Bonchev–Trinajstić information content (AvgIpc) is 3.12. The van der Waals surface area contributed by atoms with E-state index in [1.165, 1.54) is 4.88 Å². The standard InChI is InChI=1S/C13H16ClN5S/c1-3-19-13-12(9(2)17-19)16-11(4-5-14)18(13)7-10-6-15-8-20-10/h6,8H,3-5,7H2,1-2H3. The molecular weight excluding hydrogens is 294 g/mol. The third-order valence-corrected chi connectivity index (χ3v) is 4.25. The molecule has 0 aliphatic rings. The van der Waals surface area contributed by atoms with Crippen molar-refractivity contribution in [2.75, 3.05) is 5.88 Å². The lowest BCUT2D eigenvalue weighted by molar-refractivity contribution is 0.637. The van der Waals surface area contributed by atoms with Gasteiger partial charge in [-0.2, -0.15) is 5.10 Å². The van der Waals surface area contributed by atoms with Crippen molar-refractivity contribution in [1.82, 2.24) is 24.3 Å². The fourth-order valence-corrected chi connectivity index (χ4v) is 3.16. The van der Waals surface area contributed by atoms with Crippen molar-refractivity contribution in [2.24, 2.45) is 0 Å². The molecule has 0 radical (unpaired) electrons. The van der Waals surface area contributed by atoms with E-state index in [2.05, 4.69) is 21.6 Å². The lowest BCUT2D eigenvalue weighted by Crippen LogP contribution is -2.09. The summed E-state index contributed by atoms with van der Waals surface area (Å²) in [6.07, 6.45) is 2.67. The Morgan fingerprint density at radius 2 is 2.25 bits per heavy atom. The Bertz CT molecular complexity index is 713. The quantitative estimate of drug-likeness (QED) is 0.681. The number of thiazole rings is 1. The molecule has 0 saturated carbocycles. The van der Waals surface area contributed by atoms with Crippen LogP contribution in [-0.4, -0.2) is 30.2 Å². The molecule has 106 valence electrons. The maximum absolute atomic E-state index is 5.91. The summed E-state index contributed by atoms with van der Waals surface area (Å²) >= 11 is 7.57. The highest BCUT2D eigenvalue weighted by Gasteiger charge is 2.18. The van der Waals surface area contributed by atoms with Crippen LogP contribution in [0.5, 0.6) is 0 Å². The molecule has 0 aliphatic heterocycles. The maximum Gasteiger partial charge on any atom is 0.159 e. The smallest absolute Gasteiger partial charge is 0.159 e. The number of fused-ring (bicyclic) bond motifs is 1. The van der Waals surface area contributed by atoms with Gasteiger partial charge in [0.2, 0.25) is 0 Å². The highest BCUT2D eigenvalue weighted by molar-refractivity contribution is 7.09. The van der Waals surface area contributed by atoms with Crippen molar-refractivity contribution >= 4 is 34.1 Å². The van der Waals surface area contributed by atoms with E-state index in [1.807, 2.05) is 23.3 Å². The molecule has 3 aromatic heterocycles. The molecule has 0 aliphatic carbocycles. The molecule has 0 unspecified atom stereocenters. The largest absolute Gasteiger partial charge is 0.307 e. The van der Waals surface area contributed by atoms with Crippen LogP contribution in [0.1, 0.15) is 23.3 Å². The fraction of sp³-hybridized carbons (Fsp3) is 0.462. The molecule has 0 amide bonds. The van der Waals surface area contributed by atoms with Gasteiger partial charge in [0.15, 0.2) is 5.65 Å². The molecule has 3 aromatic rings. The van der Waals surface area contributed by atoms with E-state index in [-0.39, 0.29) is 0 Å². The van der Waals surface area contributed by atoms with E-state index < -0.39 is 0 Å². The molecule has 7 heteroatoms. The van der Waals surface area contributed by atoms with Crippen LogP contribution in [0.3, 0.4) is 0 Å². The topological polar surface area (TPSA) is 48.5 Å². The molecule has 0 atom stereocenters. The third kappa shape index (κ3) is 2.23. The monoisotopic (exact) mass is 309 g/mol. The summed E-state index contributed by atoms with van der Waals surface area (Å²) in [7, 11) is 0. The molecule has 20 heavy (non-hydrogen) atoms. The lowest BCUT2D eigenvalue weighted by Gasteiger charge is -2.08. The van der Waals surface area contributed by atoms with Crippen LogP contribution in [0, 0.1) is 6.92 Å². The number of halogens is 1.